The first-order valence-corrected chi connectivity index (χ1v) is 7.82. The highest BCUT2D eigenvalue weighted by molar-refractivity contribution is 7.10. The molecule has 0 radical (unpaired) electrons. The van der Waals surface area contributed by atoms with Crippen molar-refractivity contribution < 1.29 is 4.39 Å². The molecule has 1 atom stereocenters. The SMILES string of the molecule is Cc1cc(C(CN)N2CCc3sccc3C2)ccc1F. The Labute approximate surface area is 123 Å². The number of nitrogens with zero attached hydrogens (tertiary/aromatic N) is 1. The second kappa shape index (κ2) is 5.64. The fraction of sp³-hybridized carbons (Fsp3) is 0.375. The molecule has 0 spiro atoms. The molecule has 20 heavy (non-hydrogen) atoms. The Hall–Kier alpha value is -1.23. The van der Waals surface area contributed by atoms with Gasteiger partial charge in [-0.3, -0.25) is 4.90 Å². The summed E-state index contributed by atoms with van der Waals surface area (Å²) in [4.78, 5) is 3.90. The quantitative estimate of drug-likeness (QED) is 0.940. The minimum absolute atomic E-state index is 0.150. The summed E-state index contributed by atoms with van der Waals surface area (Å²) >= 11 is 1.84. The summed E-state index contributed by atoms with van der Waals surface area (Å²) in [7, 11) is 0. The zero-order valence-corrected chi connectivity index (χ0v) is 12.4. The van der Waals surface area contributed by atoms with Gasteiger partial charge in [-0.15, -0.1) is 11.3 Å². The van der Waals surface area contributed by atoms with Crippen molar-refractivity contribution in [3.63, 3.8) is 0 Å². The predicted molar refractivity (Wildman–Crippen MR) is 81.4 cm³/mol. The van der Waals surface area contributed by atoms with Crippen LogP contribution in [0.2, 0.25) is 0 Å². The fourth-order valence-electron chi connectivity index (χ4n) is 2.91. The maximum absolute atomic E-state index is 13.4. The van der Waals surface area contributed by atoms with E-state index in [-0.39, 0.29) is 11.9 Å². The lowest BCUT2D eigenvalue weighted by atomic mass is 9.99. The number of aryl methyl sites for hydroxylation is 1. The van der Waals surface area contributed by atoms with Crippen molar-refractivity contribution in [2.24, 2.45) is 5.73 Å². The van der Waals surface area contributed by atoms with Crippen LogP contribution in [0.4, 0.5) is 4.39 Å². The number of benzene rings is 1. The van der Waals surface area contributed by atoms with Crippen LogP contribution in [0.3, 0.4) is 0 Å². The summed E-state index contributed by atoms with van der Waals surface area (Å²) in [6.07, 6.45) is 1.09. The van der Waals surface area contributed by atoms with Crippen LogP contribution in [0, 0.1) is 12.7 Å². The van der Waals surface area contributed by atoms with Crippen LogP contribution in [-0.4, -0.2) is 18.0 Å². The summed E-state index contributed by atoms with van der Waals surface area (Å²) in [5.41, 5.74) is 9.21. The third kappa shape index (κ3) is 2.51. The van der Waals surface area contributed by atoms with E-state index in [1.54, 1.807) is 13.0 Å². The van der Waals surface area contributed by atoms with Gasteiger partial charge in [0.05, 0.1) is 0 Å². The van der Waals surface area contributed by atoms with E-state index in [1.807, 2.05) is 23.5 Å². The molecule has 1 aliphatic heterocycles. The van der Waals surface area contributed by atoms with E-state index in [0.29, 0.717) is 12.1 Å². The minimum Gasteiger partial charge on any atom is -0.329 e. The average molecular weight is 290 g/mol. The van der Waals surface area contributed by atoms with Gasteiger partial charge < -0.3 is 5.73 Å². The summed E-state index contributed by atoms with van der Waals surface area (Å²) in [6, 6.07) is 7.71. The molecule has 1 aromatic heterocycles. The first kappa shape index (κ1) is 13.7. The summed E-state index contributed by atoms with van der Waals surface area (Å²) in [6.45, 7) is 4.33. The van der Waals surface area contributed by atoms with Crippen molar-refractivity contribution in [1.82, 2.24) is 4.90 Å². The third-order valence-corrected chi connectivity index (χ3v) is 5.09. The Kier molecular flexibility index (Phi) is 3.87. The van der Waals surface area contributed by atoms with Gasteiger partial charge in [-0.05, 0) is 47.5 Å². The van der Waals surface area contributed by atoms with Crippen LogP contribution in [0.1, 0.15) is 27.6 Å². The first-order valence-electron chi connectivity index (χ1n) is 6.94. The Bertz CT molecular complexity index is 608. The van der Waals surface area contributed by atoms with Gasteiger partial charge in [0, 0.05) is 30.6 Å². The van der Waals surface area contributed by atoms with E-state index in [2.05, 4.69) is 16.3 Å². The zero-order valence-electron chi connectivity index (χ0n) is 11.6. The Morgan fingerprint density at radius 1 is 1.40 bits per heavy atom. The largest absolute Gasteiger partial charge is 0.329 e. The normalized spacial score (nSPS) is 16.9. The molecule has 0 fully saturated rings. The highest BCUT2D eigenvalue weighted by Crippen LogP contribution is 2.30. The number of rotatable bonds is 3. The predicted octanol–water partition coefficient (Wildman–Crippen LogP) is 3.25. The zero-order chi connectivity index (χ0) is 14.1. The molecule has 2 heterocycles. The smallest absolute Gasteiger partial charge is 0.126 e. The van der Waals surface area contributed by atoms with Crippen LogP contribution >= 0.6 is 11.3 Å². The molecule has 2 N–H and O–H groups in total. The van der Waals surface area contributed by atoms with Gasteiger partial charge in [-0.1, -0.05) is 12.1 Å². The maximum atomic E-state index is 13.4. The second-order valence-corrected chi connectivity index (χ2v) is 6.35. The fourth-order valence-corrected chi connectivity index (χ4v) is 3.80. The molecule has 0 aliphatic carbocycles. The highest BCUT2D eigenvalue weighted by atomic mass is 32.1. The first-order chi connectivity index (χ1) is 9.69. The van der Waals surface area contributed by atoms with E-state index < -0.39 is 0 Å². The number of fused-ring (bicyclic) bond motifs is 1. The maximum Gasteiger partial charge on any atom is 0.126 e. The third-order valence-electron chi connectivity index (χ3n) is 4.07. The molecule has 1 aromatic carbocycles. The van der Waals surface area contributed by atoms with Crippen molar-refractivity contribution in [3.8, 4) is 0 Å². The van der Waals surface area contributed by atoms with Gasteiger partial charge in [0.2, 0.25) is 0 Å². The number of nitrogens with two attached hydrogens (primary N) is 1. The van der Waals surface area contributed by atoms with E-state index in [1.165, 1.54) is 10.4 Å². The minimum atomic E-state index is -0.150. The number of thiophene rings is 1. The molecule has 2 nitrogen and oxygen atoms in total. The Morgan fingerprint density at radius 2 is 2.25 bits per heavy atom. The van der Waals surface area contributed by atoms with Gasteiger partial charge >= 0.3 is 0 Å². The van der Waals surface area contributed by atoms with Crippen LogP contribution in [0.25, 0.3) is 0 Å². The van der Waals surface area contributed by atoms with Gasteiger partial charge in [0.1, 0.15) is 5.82 Å². The van der Waals surface area contributed by atoms with Crippen molar-refractivity contribution in [3.05, 3.63) is 57.0 Å². The lowest BCUT2D eigenvalue weighted by molar-refractivity contribution is 0.185. The van der Waals surface area contributed by atoms with Crippen LogP contribution in [0.5, 0.6) is 0 Å². The molecule has 0 saturated carbocycles. The second-order valence-electron chi connectivity index (χ2n) is 5.35. The molecular weight excluding hydrogens is 271 g/mol. The molecule has 0 amide bonds. The molecule has 1 aliphatic rings. The Balaban J connectivity index is 1.85. The molecule has 3 rings (SSSR count). The van der Waals surface area contributed by atoms with Crippen molar-refractivity contribution in [2.45, 2.75) is 25.9 Å². The summed E-state index contributed by atoms with van der Waals surface area (Å²) in [5.74, 6) is -0.150. The Morgan fingerprint density at radius 3 is 3.00 bits per heavy atom. The van der Waals surface area contributed by atoms with Gasteiger partial charge in [0.25, 0.3) is 0 Å². The molecule has 4 heteroatoms. The summed E-state index contributed by atoms with van der Waals surface area (Å²) < 4.78 is 13.4. The lowest BCUT2D eigenvalue weighted by Gasteiger charge is -2.34. The standard InChI is InChI=1S/C16H19FN2S/c1-11-8-12(2-3-14(11)17)15(9-18)19-6-4-16-13(10-19)5-7-20-16/h2-3,5,7-8,15H,4,6,9-10,18H2,1H3. The lowest BCUT2D eigenvalue weighted by Crippen LogP contribution is -2.37. The number of hydrogen-bond acceptors (Lipinski definition) is 3. The number of hydrogen-bond donors (Lipinski definition) is 1. The number of halogens is 1. The monoisotopic (exact) mass is 290 g/mol. The highest BCUT2D eigenvalue weighted by Gasteiger charge is 2.24. The van der Waals surface area contributed by atoms with Gasteiger partial charge in [-0.2, -0.15) is 0 Å². The molecular formula is C16H19FN2S. The van der Waals surface area contributed by atoms with Crippen molar-refractivity contribution in [1.29, 1.82) is 0 Å². The topological polar surface area (TPSA) is 29.3 Å². The van der Waals surface area contributed by atoms with Gasteiger partial charge in [-0.25, -0.2) is 4.39 Å². The summed E-state index contributed by atoms with van der Waals surface area (Å²) in [5, 5.41) is 2.16. The molecule has 0 saturated heterocycles. The van der Waals surface area contributed by atoms with Crippen LogP contribution in [-0.2, 0) is 13.0 Å². The van der Waals surface area contributed by atoms with E-state index in [9.17, 15) is 4.39 Å². The molecule has 2 aromatic rings. The van der Waals surface area contributed by atoms with Crippen LogP contribution < -0.4 is 5.73 Å². The van der Waals surface area contributed by atoms with Crippen molar-refractivity contribution >= 4 is 11.3 Å². The van der Waals surface area contributed by atoms with Crippen molar-refractivity contribution in [2.75, 3.05) is 13.1 Å². The molecule has 1 unspecified atom stereocenters. The molecule has 106 valence electrons. The van der Waals surface area contributed by atoms with E-state index >= 15 is 0 Å². The van der Waals surface area contributed by atoms with E-state index in [4.69, 9.17) is 5.73 Å². The average Bonchev–Trinajstić information content (AvgIpc) is 2.91. The van der Waals surface area contributed by atoms with Crippen LogP contribution in [0.15, 0.2) is 29.6 Å². The van der Waals surface area contributed by atoms with Gasteiger partial charge in [0.15, 0.2) is 0 Å². The molecule has 0 bridgehead atoms. The van der Waals surface area contributed by atoms with E-state index in [0.717, 1.165) is 25.1 Å².